The Kier molecular flexibility index (Phi) is 5.98. The summed E-state index contributed by atoms with van der Waals surface area (Å²) in [6.45, 7) is 5.09. The van der Waals surface area contributed by atoms with Crippen LogP contribution >= 0.6 is 0 Å². The van der Waals surface area contributed by atoms with E-state index in [0.717, 1.165) is 18.6 Å². The van der Waals surface area contributed by atoms with Crippen molar-refractivity contribution in [3.05, 3.63) is 29.8 Å². The fourth-order valence-corrected chi connectivity index (χ4v) is 3.75. The van der Waals surface area contributed by atoms with Crippen molar-refractivity contribution in [2.75, 3.05) is 46.4 Å². The number of benzene rings is 1. The molecule has 2 aliphatic heterocycles. The normalized spacial score (nSPS) is 18.4. The predicted molar refractivity (Wildman–Crippen MR) is 100 cm³/mol. The monoisotopic (exact) mass is 373 g/mol. The number of nitrogens with zero attached hydrogens (tertiary/aromatic N) is 3. The number of carbonyl (C=O) groups excluding carboxylic acids is 3. The Morgan fingerprint density at radius 3 is 1.93 bits per heavy atom. The Balaban J connectivity index is 1.50. The molecule has 0 aliphatic carbocycles. The molecule has 3 rings (SSSR count). The fraction of sp³-hybridized carbons (Fsp3) is 0.550. The van der Waals surface area contributed by atoms with E-state index in [0.29, 0.717) is 44.8 Å². The first-order valence-corrected chi connectivity index (χ1v) is 9.47. The molecule has 0 atom stereocenters. The number of carbonyl (C=O) groups is 3. The topological polar surface area (TPSA) is 70.2 Å². The van der Waals surface area contributed by atoms with E-state index < -0.39 is 0 Å². The van der Waals surface area contributed by atoms with Crippen molar-refractivity contribution < 1.29 is 19.1 Å². The highest BCUT2D eigenvalue weighted by atomic mass is 16.5. The lowest BCUT2D eigenvalue weighted by molar-refractivity contribution is -0.141. The molecule has 0 unspecified atom stereocenters. The molecule has 27 heavy (non-hydrogen) atoms. The van der Waals surface area contributed by atoms with Crippen molar-refractivity contribution in [1.29, 1.82) is 0 Å². The Labute approximate surface area is 159 Å². The van der Waals surface area contributed by atoms with Gasteiger partial charge in [0.15, 0.2) is 0 Å². The number of likely N-dealkylation sites (tertiary alicyclic amines) is 1. The van der Waals surface area contributed by atoms with Gasteiger partial charge in [0.25, 0.3) is 5.91 Å². The summed E-state index contributed by atoms with van der Waals surface area (Å²) < 4.78 is 5.12. The summed E-state index contributed by atoms with van der Waals surface area (Å²) in [6, 6.07) is 7.09. The average molecular weight is 373 g/mol. The van der Waals surface area contributed by atoms with Crippen molar-refractivity contribution >= 4 is 17.7 Å². The molecule has 7 nitrogen and oxygen atoms in total. The maximum absolute atomic E-state index is 12.8. The molecule has 2 heterocycles. The lowest BCUT2D eigenvalue weighted by atomic mass is 9.95. The zero-order chi connectivity index (χ0) is 19.4. The summed E-state index contributed by atoms with van der Waals surface area (Å²) >= 11 is 0. The molecule has 1 aromatic rings. The number of rotatable bonds is 3. The number of piperazine rings is 1. The molecule has 7 heteroatoms. The highest BCUT2D eigenvalue weighted by Crippen LogP contribution is 2.21. The highest BCUT2D eigenvalue weighted by molar-refractivity contribution is 5.94. The minimum atomic E-state index is -0.0143. The summed E-state index contributed by atoms with van der Waals surface area (Å²) in [5.74, 6) is 0.933. The van der Waals surface area contributed by atoms with E-state index >= 15 is 0 Å². The molecule has 2 aliphatic rings. The van der Waals surface area contributed by atoms with E-state index in [1.165, 1.54) is 0 Å². The highest BCUT2D eigenvalue weighted by Gasteiger charge is 2.32. The predicted octanol–water partition coefficient (Wildman–Crippen LogP) is 1.24. The molecule has 2 fully saturated rings. The van der Waals surface area contributed by atoms with Gasteiger partial charge in [-0.25, -0.2) is 0 Å². The van der Waals surface area contributed by atoms with Crippen LogP contribution in [0, 0.1) is 5.92 Å². The summed E-state index contributed by atoms with van der Waals surface area (Å²) in [5, 5.41) is 0. The Hall–Kier alpha value is -2.57. The molecule has 0 aromatic heterocycles. The van der Waals surface area contributed by atoms with Crippen LogP contribution in [0.1, 0.15) is 30.1 Å². The number of piperidine rings is 1. The standard InChI is InChI=1S/C20H27N3O4/c1-15(24)21-9-7-17(8-10-21)20(26)23-13-11-22(12-14-23)19(25)16-3-5-18(27-2)6-4-16/h3-6,17H,7-14H2,1-2H3. The Morgan fingerprint density at radius 2 is 1.41 bits per heavy atom. The summed E-state index contributed by atoms with van der Waals surface area (Å²) in [5.41, 5.74) is 0.632. The molecule has 0 spiro atoms. The molecule has 0 N–H and O–H groups in total. The number of methoxy groups -OCH3 is 1. The SMILES string of the molecule is COc1ccc(C(=O)N2CCN(C(=O)C3CCN(C(C)=O)CC3)CC2)cc1. The quantitative estimate of drug-likeness (QED) is 0.799. The van der Waals surface area contributed by atoms with Crippen molar-refractivity contribution in [2.45, 2.75) is 19.8 Å². The molecular weight excluding hydrogens is 346 g/mol. The van der Waals surface area contributed by atoms with Gasteiger partial charge in [0.2, 0.25) is 11.8 Å². The van der Waals surface area contributed by atoms with E-state index in [4.69, 9.17) is 4.74 Å². The largest absolute Gasteiger partial charge is 0.497 e. The number of hydrogen-bond acceptors (Lipinski definition) is 4. The van der Waals surface area contributed by atoms with Gasteiger partial charge < -0.3 is 19.4 Å². The molecule has 3 amide bonds. The van der Waals surface area contributed by atoms with Crippen LogP contribution in [0.2, 0.25) is 0 Å². The average Bonchev–Trinajstić information content (AvgIpc) is 2.73. The smallest absolute Gasteiger partial charge is 0.253 e. The van der Waals surface area contributed by atoms with Crippen molar-refractivity contribution in [3.63, 3.8) is 0 Å². The van der Waals surface area contributed by atoms with Crippen molar-refractivity contribution in [2.24, 2.45) is 5.92 Å². The second-order valence-corrected chi connectivity index (χ2v) is 7.13. The lowest BCUT2D eigenvalue weighted by Crippen LogP contribution is -2.53. The molecule has 0 saturated carbocycles. The molecular formula is C20H27N3O4. The van der Waals surface area contributed by atoms with E-state index in [1.807, 2.05) is 4.90 Å². The summed E-state index contributed by atoms with van der Waals surface area (Å²) in [4.78, 5) is 42.3. The Morgan fingerprint density at radius 1 is 0.852 bits per heavy atom. The fourth-order valence-electron chi connectivity index (χ4n) is 3.75. The number of hydrogen-bond donors (Lipinski definition) is 0. The van der Waals surface area contributed by atoms with Gasteiger partial charge in [-0.05, 0) is 37.1 Å². The van der Waals surface area contributed by atoms with E-state index in [1.54, 1.807) is 48.1 Å². The lowest BCUT2D eigenvalue weighted by Gasteiger charge is -2.38. The van der Waals surface area contributed by atoms with Crippen molar-refractivity contribution in [3.8, 4) is 5.75 Å². The van der Waals surface area contributed by atoms with Gasteiger partial charge in [-0.2, -0.15) is 0 Å². The van der Waals surface area contributed by atoms with Crippen LogP contribution < -0.4 is 4.74 Å². The van der Waals surface area contributed by atoms with Gasteiger partial charge in [0.05, 0.1) is 7.11 Å². The minimum absolute atomic E-state index is 0.00978. The third-order valence-electron chi connectivity index (χ3n) is 5.51. The van der Waals surface area contributed by atoms with Crippen LogP contribution in [0.15, 0.2) is 24.3 Å². The molecule has 2 saturated heterocycles. The number of amides is 3. The van der Waals surface area contributed by atoms with Gasteiger partial charge in [-0.3, -0.25) is 14.4 Å². The molecule has 0 radical (unpaired) electrons. The van der Waals surface area contributed by atoms with Crippen molar-refractivity contribution in [1.82, 2.24) is 14.7 Å². The van der Waals surface area contributed by atoms with Crippen LogP contribution in [-0.2, 0) is 9.59 Å². The van der Waals surface area contributed by atoms with E-state index in [9.17, 15) is 14.4 Å². The third kappa shape index (κ3) is 4.40. The van der Waals surface area contributed by atoms with Crippen LogP contribution in [-0.4, -0.2) is 78.8 Å². The first-order valence-electron chi connectivity index (χ1n) is 9.47. The van der Waals surface area contributed by atoms with Crippen LogP contribution in [0.4, 0.5) is 0 Å². The second-order valence-electron chi connectivity index (χ2n) is 7.13. The van der Waals surface area contributed by atoms with Gasteiger partial charge in [-0.15, -0.1) is 0 Å². The first-order chi connectivity index (χ1) is 13.0. The first kappa shape index (κ1) is 19.2. The maximum Gasteiger partial charge on any atom is 0.253 e. The maximum atomic E-state index is 12.8. The molecule has 1 aromatic carbocycles. The van der Waals surface area contributed by atoms with Crippen LogP contribution in [0.25, 0.3) is 0 Å². The summed E-state index contributed by atoms with van der Waals surface area (Å²) in [6.07, 6.45) is 1.45. The summed E-state index contributed by atoms with van der Waals surface area (Å²) in [7, 11) is 1.59. The van der Waals surface area contributed by atoms with Crippen LogP contribution in [0.3, 0.4) is 0 Å². The second kappa shape index (κ2) is 8.41. The molecule has 146 valence electrons. The van der Waals surface area contributed by atoms with Crippen LogP contribution in [0.5, 0.6) is 5.75 Å². The number of ether oxygens (including phenoxy) is 1. The third-order valence-corrected chi connectivity index (χ3v) is 5.51. The van der Waals surface area contributed by atoms with E-state index in [2.05, 4.69) is 0 Å². The zero-order valence-electron chi connectivity index (χ0n) is 16.0. The van der Waals surface area contributed by atoms with Gasteiger partial charge in [0, 0.05) is 57.7 Å². The van der Waals surface area contributed by atoms with Gasteiger partial charge in [-0.1, -0.05) is 0 Å². The van der Waals surface area contributed by atoms with Gasteiger partial charge in [0.1, 0.15) is 5.75 Å². The van der Waals surface area contributed by atoms with Gasteiger partial charge >= 0.3 is 0 Å². The van der Waals surface area contributed by atoms with E-state index in [-0.39, 0.29) is 23.6 Å². The zero-order valence-corrected chi connectivity index (χ0v) is 16.0. The Bertz CT molecular complexity index is 688. The minimum Gasteiger partial charge on any atom is -0.497 e. The molecule has 0 bridgehead atoms.